The highest BCUT2D eigenvalue weighted by atomic mass is 16.5. The van der Waals surface area contributed by atoms with E-state index in [9.17, 15) is 5.11 Å². The van der Waals surface area contributed by atoms with Gasteiger partial charge in [0.25, 0.3) is 0 Å². The molecule has 0 fully saturated rings. The number of aliphatic hydroxyl groups is 2. The molecule has 0 aliphatic rings. The topological polar surface area (TPSA) is 76.7 Å². The van der Waals surface area contributed by atoms with Gasteiger partial charge in [0.1, 0.15) is 11.6 Å². The monoisotopic (exact) mass is 370 g/mol. The summed E-state index contributed by atoms with van der Waals surface area (Å²) >= 11 is 0. The zero-order chi connectivity index (χ0) is 19.1. The Morgan fingerprint density at radius 3 is 2.63 bits per heavy atom. The summed E-state index contributed by atoms with van der Waals surface area (Å²) in [5.41, 5.74) is 2.91. The Bertz CT molecular complexity index is 845. The SMILES string of the molecule is COc1ccc(COC[C@@H](O)Cn2c(CCCO)nc3ccccc32)cc1. The molecule has 0 radical (unpaired) electrons. The van der Waals surface area contributed by atoms with Gasteiger partial charge in [0.15, 0.2) is 0 Å². The Kier molecular flexibility index (Phi) is 6.81. The van der Waals surface area contributed by atoms with E-state index in [1.54, 1.807) is 7.11 Å². The quantitative estimate of drug-likeness (QED) is 0.574. The fourth-order valence-electron chi connectivity index (χ4n) is 3.06. The van der Waals surface area contributed by atoms with Crippen LogP contribution in [0.2, 0.25) is 0 Å². The molecule has 1 heterocycles. The van der Waals surface area contributed by atoms with E-state index in [1.165, 1.54) is 0 Å². The van der Waals surface area contributed by atoms with Crippen LogP contribution >= 0.6 is 0 Å². The number of hydrogen-bond donors (Lipinski definition) is 2. The zero-order valence-corrected chi connectivity index (χ0v) is 15.5. The number of para-hydroxylation sites is 2. The molecule has 144 valence electrons. The third-order valence-corrected chi connectivity index (χ3v) is 4.42. The minimum absolute atomic E-state index is 0.122. The summed E-state index contributed by atoms with van der Waals surface area (Å²) in [5.74, 6) is 1.68. The maximum Gasteiger partial charge on any atom is 0.118 e. The molecule has 6 nitrogen and oxygen atoms in total. The number of nitrogens with zero attached hydrogens (tertiary/aromatic N) is 2. The summed E-state index contributed by atoms with van der Waals surface area (Å²) < 4.78 is 12.8. The Balaban J connectivity index is 1.60. The zero-order valence-electron chi connectivity index (χ0n) is 15.5. The van der Waals surface area contributed by atoms with E-state index < -0.39 is 6.10 Å². The Morgan fingerprint density at radius 2 is 1.89 bits per heavy atom. The highest BCUT2D eigenvalue weighted by molar-refractivity contribution is 5.75. The van der Waals surface area contributed by atoms with Gasteiger partial charge < -0.3 is 24.3 Å². The van der Waals surface area contributed by atoms with Gasteiger partial charge in [0, 0.05) is 13.0 Å². The third kappa shape index (κ3) is 5.07. The number of fused-ring (bicyclic) bond motifs is 1. The minimum atomic E-state index is -0.645. The lowest BCUT2D eigenvalue weighted by Gasteiger charge is -2.15. The number of aliphatic hydroxyl groups excluding tert-OH is 2. The molecule has 27 heavy (non-hydrogen) atoms. The number of aryl methyl sites for hydroxylation is 1. The molecule has 0 spiro atoms. The summed E-state index contributed by atoms with van der Waals surface area (Å²) in [6.45, 7) is 1.20. The van der Waals surface area contributed by atoms with Gasteiger partial charge in [-0.05, 0) is 36.2 Å². The van der Waals surface area contributed by atoms with Crippen molar-refractivity contribution in [1.29, 1.82) is 0 Å². The van der Waals surface area contributed by atoms with Crippen LogP contribution in [0.4, 0.5) is 0 Å². The number of rotatable bonds is 10. The van der Waals surface area contributed by atoms with E-state index in [4.69, 9.17) is 14.6 Å². The summed E-state index contributed by atoms with van der Waals surface area (Å²) in [6.07, 6.45) is 0.673. The standard InChI is InChI=1S/C21H26N2O4/c1-26-18-10-8-16(9-11-18)14-27-15-17(25)13-23-20-6-3-2-5-19(20)22-21(23)7-4-12-24/h2-3,5-6,8-11,17,24-25H,4,7,12-15H2,1H3/t17-/m0/s1. The van der Waals surface area contributed by atoms with Crippen molar-refractivity contribution in [2.45, 2.75) is 32.1 Å². The lowest BCUT2D eigenvalue weighted by atomic mass is 10.2. The summed E-state index contributed by atoms with van der Waals surface area (Å²) in [5, 5.41) is 19.6. The third-order valence-electron chi connectivity index (χ3n) is 4.42. The Hall–Kier alpha value is -2.41. The van der Waals surface area contributed by atoms with Gasteiger partial charge in [-0.3, -0.25) is 0 Å². The van der Waals surface area contributed by atoms with Crippen LogP contribution in [0.5, 0.6) is 5.75 Å². The molecular weight excluding hydrogens is 344 g/mol. The molecule has 0 saturated carbocycles. The Morgan fingerprint density at radius 1 is 1.11 bits per heavy atom. The van der Waals surface area contributed by atoms with E-state index in [0.717, 1.165) is 28.2 Å². The van der Waals surface area contributed by atoms with Gasteiger partial charge in [0.2, 0.25) is 0 Å². The summed E-state index contributed by atoms with van der Waals surface area (Å²) in [4.78, 5) is 4.64. The highest BCUT2D eigenvalue weighted by Crippen LogP contribution is 2.18. The highest BCUT2D eigenvalue weighted by Gasteiger charge is 2.14. The molecule has 0 unspecified atom stereocenters. The van der Waals surface area contributed by atoms with Crippen LogP contribution in [0.15, 0.2) is 48.5 Å². The van der Waals surface area contributed by atoms with Crippen molar-refractivity contribution in [3.8, 4) is 5.75 Å². The molecule has 6 heteroatoms. The first-order valence-corrected chi connectivity index (χ1v) is 9.15. The second-order valence-corrected chi connectivity index (χ2v) is 6.47. The van der Waals surface area contributed by atoms with Crippen molar-refractivity contribution in [2.24, 2.45) is 0 Å². The fourth-order valence-corrected chi connectivity index (χ4v) is 3.06. The van der Waals surface area contributed by atoms with Crippen LogP contribution < -0.4 is 4.74 Å². The van der Waals surface area contributed by atoms with Crippen molar-refractivity contribution in [2.75, 3.05) is 20.3 Å². The van der Waals surface area contributed by atoms with E-state index >= 15 is 0 Å². The molecule has 3 rings (SSSR count). The maximum absolute atomic E-state index is 10.4. The van der Waals surface area contributed by atoms with Crippen molar-refractivity contribution in [3.05, 3.63) is 59.9 Å². The largest absolute Gasteiger partial charge is 0.497 e. The van der Waals surface area contributed by atoms with Gasteiger partial charge in [0.05, 0.1) is 44.0 Å². The number of ether oxygens (including phenoxy) is 2. The minimum Gasteiger partial charge on any atom is -0.497 e. The van der Waals surface area contributed by atoms with E-state index in [-0.39, 0.29) is 13.2 Å². The average Bonchev–Trinajstić information content (AvgIpc) is 3.04. The Labute approximate surface area is 159 Å². The number of aromatic nitrogens is 2. The van der Waals surface area contributed by atoms with Crippen LogP contribution in [-0.2, 0) is 24.3 Å². The second-order valence-electron chi connectivity index (χ2n) is 6.47. The predicted octanol–water partition coefficient (Wildman–Crippen LogP) is 2.55. The van der Waals surface area contributed by atoms with Crippen LogP contribution in [0.25, 0.3) is 11.0 Å². The lowest BCUT2D eigenvalue weighted by molar-refractivity contribution is 0.0205. The molecule has 0 aliphatic carbocycles. The molecule has 1 atom stereocenters. The smallest absolute Gasteiger partial charge is 0.118 e. The van der Waals surface area contributed by atoms with Crippen LogP contribution in [0, 0.1) is 0 Å². The van der Waals surface area contributed by atoms with E-state index in [0.29, 0.717) is 26.0 Å². The fraction of sp³-hybridized carbons (Fsp3) is 0.381. The van der Waals surface area contributed by atoms with Crippen LogP contribution in [0.3, 0.4) is 0 Å². The van der Waals surface area contributed by atoms with E-state index in [1.807, 2.05) is 53.1 Å². The maximum atomic E-state index is 10.4. The molecule has 0 amide bonds. The van der Waals surface area contributed by atoms with E-state index in [2.05, 4.69) is 4.98 Å². The van der Waals surface area contributed by atoms with Gasteiger partial charge in [-0.15, -0.1) is 0 Å². The number of hydrogen-bond acceptors (Lipinski definition) is 5. The number of imidazole rings is 1. The van der Waals surface area contributed by atoms with Gasteiger partial charge >= 0.3 is 0 Å². The lowest BCUT2D eigenvalue weighted by Crippen LogP contribution is -2.23. The van der Waals surface area contributed by atoms with Crippen molar-refractivity contribution in [1.82, 2.24) is 9.55 Å². The molecule has 0 bridgehead atoms. The van der Waals surface area contributed by atoms with Crippen molar-refractivity contribution >= 4 is 11.0 Å². The first-order valence-electron chi connectivity index (χ1n) is 9.15. The molecule has 1 aromatic heterocycles. The summed E-state index contributed by atoms with van der Waals surface area (Å²) in [6, 6.07) is 15.5. The van der Waals surface area contributed by atoms with Crippen molar-refractivity contribution in [3.63, 3.8) is 0 Å². The molecule has 3 aromatic rings. The van der Waals surface area contributed by atoms with Crippen molar-refractivity contribution < 1.29 is 19.7 Å². The normalized spacial score (nSPS) is 12.4. The van der Waals surface area contributed by atoms with Crippen LogP contribution in [-0.4, -0.2) is 46.2 Å². The average molecular weight is 370 g/mol. The molecule has 2 N–H and O–H groups in total. The number of benzene rings is 2. The first-order chi connectivity index (χ1) is 13.2. The first kappa shape index (κ1) is 19.4. The molecule has 2 aromatic carbocycles. The van der Waals surface area contributed by atoms with Gasteiger partial charge in [-0.2, -0.15) is 0 Å². The number of methoxy groups -OCH3 is 1. The molecule has 0 aliphatic heterocycles. The molecular formula is C21H26N2O4. The summed E-state index contributed by atoms with van der Waals surface area (Å²) in [7, 11) is 1.64. The predicted molar refractivity (Wildman–Crippen MR) is 104 cm³/mol. The van der Waals surface area contributed by atoms with Crippen LogP contribution in [0.1, 0.15) is 17.8 Å². The molecule has 0 saturated heterocycles. The van der Waals surface area contributed by atoms with Gasteiger partial charge in [-0.25, -0.2) is 4.98 Å². The van der Waals surface area contributed by atoms with Gasteiger partial charge in [-0.1, -0.05) is 24.3 Å². The second kappa shape index (κ2) is 9.50.